The molecule has 4 rings (SSSR count). The van der Waals surface area contributed by atoms with Crippen molar-refractivity contribution in [3.63, 3.8) is 0 Å². The second kappa shape index (κ2) is 7.09. The van der Waals surface area contributed by atoms with Gasteiger partial charge in [0, 0.05) is 23.8 Å². The van der Waals surface area contributed by atoms with Crippen molar-refractivity contribution in [1.29, 1.82) is 0 Å². The molecule has 0 bridgehead atoms. The molecule has 0 atom stereocenters. The van der Waals surface area contributed by atoms with Crippen molar-refractivity contribution in [3.8, 4) is 0 Å². The number of pyridine rings is 1. The number of aromatic nitrogens is 5. The fraction of sp³-hybridized carbons (Fsp3) is 0.278. The zero-order valence-electron chi connectivity index (χ0n) is 15.0. The van der Waals surface area contributed by atoms with Gasteiger partial charge in [-0.3, -0.25) is 4.98 Å². The lowest BCUT2D eigenvalue weighted by molar-refractivity contribution is 1.01. The molecule has 0 aliphatic heterocycles. The quantitative estimate of drug-likeness (QED) is 0.565. The Hall–Kier alpha value is -2.38. The van der Waals surface area contributed by atoms with Crippen molar-refractivity contribution in [2.75, 3.05) is 5.32 Å². The van der Waals surface area contributed by atoms with Crippen LogP contribution in [0.2, 0.25) is 0 Å². The summed E-state index contributed by atoms with van der Waals surface area (Å²) in [5, 5.41) is 13.1. The molecule has 0 radical (unpaired) electrons. The SMILES string of the molecule is Cc1cc(C)c(CNc2ncnc3c2sc2nnc(C)c(C)c23)cn1.Cl. The fourth-order valence-corrected chi connectivity index (χ4v) is 4.00. The highest BCUT2D eigenvalue weighted by atomic mass is 35.5. The van der Waals surface area contributed by atoms with Gasteiger partial charge in [-0.05, 0) is 50.5 Å². The molecule has 0 aliphatic carbocycles. The zero-order chi connectivity index (χ0) is 17.6. The summed E-state index contributed by atoms with van der Waals surface area (Å²) >= 11 is 1.58. The van der Waals surface area contributed by atoms with E-state index in [-0.39, 0.29) is 12.4 Å². The van der Waals surface area contributed by atoms with Crippen LogP contribution in [0.4, 0.5) is 5.82 Å². The van der Waals surface area contributed by atoms with Crippen molar-refractivity contribution < 1.29 is 0 Å². The molecule has 26 heavy (non-hydrogen) atoms. The Morgan fingerprint density at radius 2 is 1.85 bits per heavy atom. The first kappa shape index (κ1) is 18.4. The summed E-state index contributed by atoms with van der Waals surface area (Å²) in [7, 11) is 0. The van der Waals surface area contributed by atoms with Crippen LogP contribution in [0.25, 0.3) is 20.4 Å². The molecule has 0 amide bonds. The summed E-state index contributed by atoms with van der Waals surface area (Å²) in [4.78, 5) is 14.2. The molecule has 0 saturated heterocycles. The van der Waals surface area contributed by atoms with Gasteiger partial charge in [0.05, 0.1) is 15.9 Å². The summed E-state index contributed by atoms with van der Waals surface area (Å²) in [6.07, 6.45) is 3.52. The first-order chi connectivity index (χ1) is 12.0. The molecule has 6 nitrogen and oxygen atoms in total. The van der Waals surface area contributed by atoms with Crippen LogP contribution in [0, 0.1) is 27.7 Å². The Balaban J connectivity index is 0.00000196. The first-order valence-electron chi connectivity index (χ1n) is 8.07. The van der Waals surface area contributed by atoms with Gasteiger partial charge in [0.15, 0.2) is 0 Å². The summed E-state index contributed by atoms with van der Waals surface area (Å²) in [6, 6.07) is 2.09. The maximum atomic E-state index is 4.50. The predicted octanol–water partition coefficient (Wildman–Crippen LogP) is 4.30. The van der Waals surface area contributed by atoms with Gasteiger partial charge in [-0.2, -0.15) is 5.10 Å². The standard InChI is InChI=1S/C18H18N6S.ClH/c1-9-5-10(2)19-6-13(9)7-20-17-16-15(21-8-22-17)14-11(3)12(4)23-24-18(14)25-16;/h5-6,8H,7H2,1-4H3,(H,20,21,22);1H. The molecular weight excluding hydrogens is 368 g/mol. The van der Waals surface area contributed by atoms with Crippen LogP contribution in [0.15, 0.2) is 18.6 Å². The van der Waals surface area contributed by atoms with E-state index in [1.54, 1.807) is 17.7 Å². The molecular formula is C18H19ClN6S. The maximum Gasteiger partial charge on any atom is 0.149 e. The van der Waals surface area contributed by atoms with Crippen LogP contribution in [0.5, 0.6) is 0 Å². The first-order valence-corrected chi connectivity index (χ1v) is 8.89. The molecule has 8 heteroatoms. The van der Waals surface area contributed by atoms with Crippen LogP contribution in [-0.4, -0.2) is 25.1 Å². The van der Waals surface area contributed by atoms with Crippen molar-refractivity contribution in [2.24, 2.45) is 0 Å². The van der Waals surface area contributed by atoms with Crippen molar-refractivity contribution in [1.82, 2.24) is 25.1 Å². The maximum absolute atomic E-state index is 4.50. The summed E-state index contributed by atoms with van der Waals surface area (Å²) in [5.74, 6) is 0.824. The second-order valence-corrected chi connectivity index (χ2v) is 7.20. The Morgan fingerprint density at radius 3 is 2.62 bits per heavy atom. The summed E-state index contributed by atoms with van der Waals surface area (Å²) in [5.41, 5.74) is 6.40. The van der Waals surface area contributed by atoms with Gasteiger partial charge in [0.1, 0.15) is 17.0 Å². The summed E-state index contributed by atoms with van der Waals surface area (Å²) < 4.78 is 1.01. The highest BCUT2D eigenvalue weighted by Crippen LogP contribution is 2.36. The highest BCUT2D eigenvalue weighted by molar-refractivity contribution is 7.25. The largest absolute Gasteiger partial charge is 0.365 e. The number of aryl methyl sites for hydroxylation is 4. The lowest BCUT2D eigenvalue weighted by Crippen LogP contribution is -2.04. The second-order valence-electron chi connectivity index (χ2n) is 6.20. The molecule has 4 aromatic heterocycles. The Labute approximate surface area is 161 Å². The van der Waals surface area contributed by atoms with E-state index in [0.717, 1.165) is 48.8 Å². The molecule has 4 aromatic rings. The molecule has 0 unspecified atom stereocenters. The number of nitrogens with zero attached hydrogens (tertiary/aromatic N) is 5. The van der Waals surface area contributed by atoms with Crippen molar-refractivity contribution >= 4 is 50.0 Å². The minimum absolute atomic E-state index is 0. The normalized spacial score (nSPS) is 10.9. The number of anilines is 1. The molecule has 134 valence electrons. The minimum atomic E-state index is 0. The van der Waals surface area contributed by atoms with Crippen LogP contribution in [0.3, 0.4) is 0 Å². The van der Waals surface area contributed by atoms with Crippen molar-refractivity contribution in [2.45, 2.75) is 34.2 Å². The molecule has 0 aromatic carbocycles. The van der Waals surface area contributed by atoms with E-state index in [1.165, 1.54) is 5.56 Å². The Bertz CT molecular complexity index is 1110. The van der Waals surface area contributed by atoms with Crippen LogP contribution < -0.4 is 5.32 Å². The van der Waals surface area contributed by atoms with Crippen LogP contribution >= 0.6 is 23.7 Å². The van der Waals surface area contributed by atoms with Crippen LogP contribution in [0.1, 0.15) is 28.1 Å². The van der Waals surface area contributed by atoms with E-state index in [4.69, 9.17) is 0 Å². The van der Waals surface area contributed by atoms with Gasteiger partial charge >= 0.3 is 0 Å². The number of hydrogen-bond donors (Lipinski definition) is 1. The molecule has 1 N–H and O–H groups in total. The van der Waals surface area contributed by atoms with Gasteiger partial charge in [0.25, 0.3) is 0 Å². The van der Waals surface area contributed by atoms with Gasteiger partial charge in [-0.1, -0.05) is 0 Å². The third-order valence-corrected chi connectivity index (χ3v) is 5.53. The minimum Gasteiger partial charge on any atom is -0.365 e. The number of hydrogen-bond acceptors (Lipinski definition) is 7. The summed E-state index contributed by atoms with van der Waals surface area (Å²) in [6.45, 7) is 8.81. The third kappa shape index (κ3) is 3.08. The van der Waals surface area contributed by atoms with E-state index in [0.29, 0.717) is 6.54 Å². The molecule has 0 aliphatic rings. The highest BCUT2D eigenvalue weighted by Gasteiger charge is 2.15. The average molecular weight is 387 g/mol. The molecule has 0 spiro atoms. The number of rotatable bonds is 3. The lowest BCUT2D eigenvalue weighted by Gasteiger charge is -2.09. The average Bonchev–Trinajstić information content (AvgIpc) is 2.97. The zero-order valence-corrected chi connectivity index (χ0v) is 16.6. The number of thiophene rings is 1. The van der Waals surface area contributed by atoms with E-state index >= 15 is 0 Å². The van der Waals surface area contributed by atoms with Gasteiger partial charge < -0.3 is 5.32 Å². The van der Waals surface area contributed by atoms with E-state index in [9.17, 15) is 0 Å². The third-order valence-electron chi connectivity index (χ3n) is 4.46. The number of halogens is 1. The molecule has 4 heterocycles. The Morgan fingerprint density at radius 1 is 1.04 bits per heavy atom. The van der Waals surface area contributed by atoms with Crippen LogP contribution in [-0.2, 0) is 6.54 Å². The van der Waals surface area contributed by atoms with Gasteiger partial charge in [-0.25, -0.2) is 9.97 Å². The van der Waals surface area contributed by atoms with Gasteiger partial charge in [0.2, 0.25) is 0 Å². The van der Waals surface area contributed by atoms with E-state index in [1.807, 2.05) is 20.0 Å². The molecule has 0 saturated carbocycles. The number of nitrogens with one attached hydrogen (secondary N) is 1. The number of fused-ring (bicyclic) bond motifs is 3. The smallest absolute Gasteiger partial charge is 0.149 e. The van der Waals surface area contributed by atoms with E-state index in [2.05, 4.69) is 50.4 Å². The topological polar surface area (TPSA) is 76.5 Å². The fourth-order valence-electron chi connectivity index (χ4n) is 2.90. The lowest BCUT2D eigenvalue weighted by atomic mass is 10.1. The monoisotopic (exact) mass is 386 g/mol. The van der Waals surface area contributed by atoms with E-state index < -0.39 is 0 Å². The predicted molar refractivity (Wildman–Crippen MR) is 108 cm³/mol. The van der Waals surface area contributed by atoms with Crippen molar-refractivity contribution in [3.05, 3.63) is 46.7 Å². The van der Waals surface area contributed by atoms with Gasteiger partial charge in [-0.15, -0.1) is 28.8 Å². The molecule has 0 fully saturated rings. The Kier molecular flexibility index (Phi) is 5.02.